The highest BCUT2D eigenvalue weighted by Gasteiger charge is 2.13. The Kier molecular flexibility index (Phi) is 7.31. The van der Waals surface area contributed by atoms with Crippen LogP contribution in [0.2, 0.25) is 0 Å². The number of hydrogen-bond donors (Lipinski definition) is 2. The van der Waals surface area contributed by atoms with Gasteiger partial charge in [-0.05, 0) is 48.0 Å². The Morgan fingerprint density at radius 1 is 0.935 bits per heavy atom. The van der Waals surface area contributed by atoms with Crippen molar-refractivity contribution in [2.45, 2.75) is 10.6 Å². The van der Waals surface area contributed by atoms with Crippen molar-refractivity contribution in [1.29, 1.82) is 5.26 Å². The van der Waals surface area contributed by atoms with E-state index in [4.69, 9.17) is 5.26 Å². The van der Waals surface area contributed by atoms with Crippen LogP contribution in [0, 0.1) is 11.3 Å². The Bertz CT molecular complexity index is 1120. The van der Waals surface area contributed by atoms with Gasteiger partial charge in [-0.3, -0.25) is 20.4 Å². The molecular weight excluding hydrogens is 408 g/mol. The average Bonchev–Trinajstić information content (AvgIpc) is 2.81. The van der Waals surface area contributed by atoms with E-state index < -0.39 is 0 Å². The lowest BCUT2D eigenvalue weighted by molar-refractivity contribution is 0.0845. The van der Waals surface area contributed by atoms with Gasteiger partial charge in [-0.2, -0.15) is 5.26 Å². The Hall–Kier alpha value is -3.76. The second-order valence-electron chi connectivity index (χ2n) is 6.95. The molecule has 156 valence electrons. The van der Waals surface area contributed by atoms with E-state index in [9.17, 15) is 9.59 Å². The number of hydrogen-bond acceptors (Lipinski definition) is 5. The van der Waals surface area contributed by atoms with Gasteiger partial charge in [0.1, 0.15) is 0 Å². The lowest BCUT2D eigenvalue weighted by Gasteiger charge is -2.14. The molecule has 6 nitrogen and oxygen atoms in total. The van der Waals surface area contributed by atoms with Crippen LogP contribution in [0.4, 0.5) is 5.69 Å². The summed E-state index contributed by atoms with van der Waals surface area (Å²) in [4.78, 5) is 27.8. The number of nitrogens with zero attached hydrogens (tertiary/aromatic N) is 2. The van der Waals surface area contributed by atoms with E-state index in [-0.39, 0.29) is 11.8 Å². The van der Waals surface area contributed by atoms with Crippen LogP contribution in [0.5, 0.6) is 0 Å². The third kappa shape index (κ3) is 5.87. The molecule has 0 unspecified atom stereocenters. The van der Waals surface area contributed by atoms with E-state index in [0.29, 0.717) is 22.4 Å². The zero-order chi connectivity index (χ0) is 22.2. The number of carbonyl (C=O) groups is 2. The maximum Gasteiger partial charge on any atom is 0.270 e. The van der Waals surface area contributed by atoms with E-state index >= 15 is 0 Å². The van der Waals surface area contributed by atoms with Crippen molar-refractivity contribution in [2.24, 2.45) is 0 Å². The molecule has 2 N–H and O–H groups in total. The van der Waals surface area contributed by atoms with Gasteiger partial charge in [-0.15, -0.1) is 11.8 Å². The van der Waals surface area contributed by atoms with Gasteiger partial charge < -0.3 is 4.90 Å². The van der Waals surface area contributed by atoms with Crippen LogP contribution in [-0.4, -0.2) is 25.9 Å². The minimum absolute atomic E-state index is 0.389. The minimum Gasteiger partial charge on any atom is -0.378 e. The SMILES string of the molecule is CN(C)c1cccc(C(=O)NNC(=O)c2ccccc2SCc2ccc(C#N)cc2)c1. The topological polar surface area (TPSA) is 85.2 Å². The molecule has 0 spiro atoms. The third-order valence-corrected chi connectivity index (χ3v) is 5.67. The number of amides is 2. The van der Waals surface area contributed by atoms with Crippen molar-refractivity contribution in [1.82, 2.24) is 10.9 Å². The molecule has 0 saturated heterocycles. The number of anilines is 1. The van der Waals surface area contributed by atoms with Gasteiger partial charge in [0.2, 0.25) is 0 Å². The molecule has 0 aliphatic carbocycles. The molecule has 3 rings (SSSR count). The number of thioether (sulfide) groups is 1. The number of rotatable bonds is 6. The number of nitrogens with one attached hydrogen (secondary N) is 2. The highest BCUT2D eigenvalue weighted by atomic mass is 32.2. The third-order valence-electron chi connectivity index (χ3n) is 4.52. The largest absolute Gasteiger partial charge is 0.378 e. The minimum atomic E-state index is -0.389. The highest BCUT2D eigenvalue weighted by molar-refractivity contribution is 7.98. The second-order valence-corrected chi connectivity index (χ2v) is 7.96. The zero-order valence-electron chi connectivity index (χ0n) is 17.3. The molecule has 0 saturated carbocycles. The van der Waals surface area contributed by atoms with E-state index in [0.717, 1.165) is 16.1 Å². The molecule has 2 amide bonds. The van der Waals surface area contributed by atoms with Crippen molar-refractivity contribution in [3.05, 3.63) is 95.1 Å². The molecule has 0 bridgehead atoms. The van der Waals surface area contributed by atoms with E-state index in [1.165, 1.54) is 11.8 Å². The summed E-state index contributed by atoms with van der Waals surface area (Å²) in [5.74, 6) is -0.125. The second kappa shape index (κ2) is 10.3. The van der Waals surface area contributed by atoms with Crippen molar-refractivity contribution in [3.63, 3.8) is 0 Å². The smallest absolute Gasteiger partial charge is 0.270 e. The molecular formula is C24H22N4O2S. The van der Waals surface area contributed by atoms with Gasteiger partial charge >= 0.3 is 0 Å². The number of benzene rings is 3. The molecule has 3 aromatic rings. The quantitative estimate of drug-likeness (QED) is 0.456. The number of nitriles is 1. The summed E-state index contributed by atoms with van der Waals surface area (Å²) in [5.41, 5.74) is 8.46. The van der Waals surface area contributed by atoms with Crippen molar-refractivity contribution >= 4 is 29.3 Å². The fraction of sp³-hybridized carbons (Fsp3) is 0.125. The van der Waals surface area contributed by atoms with Crippen LogP contribution in [0.1, 0.15) is 31.8 Å². The molecule has 0 aromatic heterocycles. The van der Waals surface area contributed by atoms with Crippen molar-refractivity contribution < 1.29 is 9.59 Å². The van der Waals surface area contributed by atoms with Crippen LogP contribution >= 0.6 is 11.8 Å². The molecule has 0 atom stereocenters. The fourth-order valence-corrected chi connectivity index (χ4v) is 3.80. The lowest BCUT2D eigenvalue weighted by Crippen LogP contribution is -2.41. The maximum absolute atomic E-state index is 12.7. The maximum atomic E-state index is 12.7. The Morgan fingerprint density at radius 2 is 1.65 bits per heavy atom. The summed E-state index contributed by atoms with van der Waals surface area (Å²) in [5, 5.41) is 8.90. The van der Waals surface area contributed by atoms with Crippen molar-refractivity contribution in [2.75, 3.05) is 19.0 Å². The molecule has 31 heavy (non-hydrogen) atoms. The Balaban J connectivity index is 1.63. The van der Waals surface area contributed by atoms with Gasteiger partial charge in [0.15, 0.2) is 0 Å². The molecule has 0 aliphatic rings. The van der Waals surface area contributed by atoms with Crippen LogP contribution in [0.15, 0.2) is 77.7 Å². The monoisotopic (exact) mass is 430 g/mol. The van der Waals surface area contributed by atoms with Gasteiger partial charge in [-0.25, -0.2) is 0 Å². The fourth-order valence-electron chi connectivity index (χ4n) is 2.80. The van der Waals surface area contributed by atoms with E-state index in [1.54, 1.807) is 42.5 Å². The number of carbonyl (C=O) groups excluding carboxylic acids is 2. The summed E-state index contributed by atoms with van der Waals surface area (Å²) >= 11 is 1.52. The van der Waals surface area contributed by atoms with Crippen LogP contribution in [0.3, 0.4) is 0 Å². The Morgan fingerprint density at radius 3 is 2.35 bits per heavy atom. The summed E-state index contributed by atoms with van der Waals surface area (Å²) < 4.78 is 0. The summed E-state index contributed by atoms with van der Waals surface area (Å²) in [6.45, 7) is 0. The molecule has 0 heterocycles. The van der Waals surface area contributed by atoms with E-state index in [1.807, 2.05) is 49.3 Å². The van der Waals surface area contributed by atoms with Crippen LogP contribution in [0.25, 0.3) is 0 Å². The standard InChI is InChI=1S/C24H22N4O2S/c1-28(2)20-7-5-6-19(14-20)23(29)26-27-24(30)21-8-3-4-9-22(21)31-16-18-12-10-17(15-25)11-13-18/h3-14H,16H2,1-2H3,(H,26,29)(H,27,30). The molecule has 7 heteroatoms. The first-order valence-electron chi connectivity index (χ1n) is 9.57. The lowest BCUT2D eigenvalue weighted by atomic mass is 10.2. The van der Waals surface area contributed by atoms with Crippen LogP contribution < -0.4 is 15.8 Å². The first-order valence-corrected chi connectivity index (χ1v) is 10.6. The van der Waals surface area contributed by atoms with Crippen LogP contribution in [-0.2, 0) is 5.75 Å². The number of hydrazine groups is 1. The van der Waals surface area contributed by atoms with E-state index in [2.05, 4.69) is 16.9 Å². The summed E-state index contributed by atoms with van der Waals surface area (Å²) in [7, 11) is 3.79. The predicted octanol–water partition coefficient (Wildman–Crippen LogP) is 3.99. The Labute approximate surface area is 185 Å². The van der Waals surface area contributed by atoms with Crippen molar-refractivity contribution in [3.8, 4) is 6.07 Å². The first kappa shape index (κ1) is 21.9. The van der Waals surface area contributed by atoms with Gasteiger partial charge in [0.25, 0.3) is 11.8 Å². The first-order chi connectivity index (χ1) is 15.0. The average molecular weight is 431 g/mol. The molecule has 0 fully saturated rings. The summed E-state index contributed by atoms with van der Waals surface area (Å²) in [6.07, 6.45) is 0. The van der Waals surface area contributed by atoms with Gasteiger partial charge in [0, 0.05) is 36.0 Å². The normalized spacial score (nSPS) is 10.1. The van der Waals surface area contributed by atoms with Gasteiger partial charge in [-0.1, -0.05) is 30.3 Å². The zero-order valence-corrected chi connectivity index (χ0v) is 18.1. The molecule has 0 radical (unpaired) electrons. The molecule has 0 aliphatic heterocycles. The predicted molar refractivity (Wildman–Crippen MR) is 123 cm³/mol. The highest BCUT2D eigenvalue weighted by Crippen LogP contribution is 2.26. The van der Waals surface area contributed by atoms with Gasteiger partial charge in [0.05, 0.1) is 17.2 Å². The summed E-state index contributed by atoms with van der Waals surface area (Å²) in [6, 6.07) is 23.8. The molecule has 3 aromatic carbocycles.